The normalized spacial score (nSPS) is 10.7. The first-order chi connectivity index (χ1) is 10.2. The van der Waals surface area contributed by atoms with Gasteiger partial charge in [0, 0.05) is 11.8 Å². The topological polar surface area (TPSA) is 99.1 Å². The summed E-state index contributed by atoms with van der Waals surface area (Å²) in [5, 5.41) is 7.86. The highest BCUT2D eigenvalue weighted by molar-refractivity contribution is 5.87. The molecule has 7 heteroatoms. The third kappa shape index (κ3) is 2.86. The summed E-state index contributed by atoms with van der Waals surface area (Å²) in [4.78, 5) is 8.22. The Morgan fingerprint density at radius 3 is 3.10 bits per heavy atom. The summed E-state index contributed by atoms with van der Waals surface area (Å²) in [5.41, 5.74) is 7.60. The summed E-state index contributed by atoms with van der Waals surface area (Å²) in [5.74, 6) is 1.43. The third-order valence-corrected chi connectivity index (χ3v) is 2.96. The number of rotatable bonds is 5. The molecular formula is C14H15N5O2. The van der Waals surface area contributed by atoms with Crippen LogP contribution >= 0.6 is 0 Å². The molecule has 3 N–H and O–H groups in total. The molecule has 0 spiro atoms. The van der Waals surface area contributed by atoms with E-state index in [0.29, 0.717) is 30.4 Å². The summed E-state index contributed by atoms with van der Waals surface area (Å²) in [6.07, 6.45) is 1.44. The number of nitrogens with two attached hydrogens (primary N) is 1. The standard InChI is InChI=1S/C14H15N5O2/c1-9-12-13(17-8-18-14(12)21-19-9)16-5-6-20-11-4-2-3-10(15)7-11/h2-4,7-8H,5-6,15H2,1H3,(H,16,17,18). The molecule has 0 aliphatic rings. The van der Waals surface area contributed by atoms with Crippen molar-refractivity contribution in [3.05, 3.63) is 36.3 Å². The number of nitrogens with zero attached hydrogens (tertiary/aromatic N) is 3. The molecule has 3 rings (SSSR count). The molecule has 2 aromatic heterocycles. The van der Waals surface area contributed by atoms with Gasteiger partial charge in [-0.05, 0) is 19.1 Å². The lowest BCUT2D eigenvalue weighted by Crippen LogP contribution is -2.12. The number of aromatic nitrogens is 3. The van der Waals surface area contributed by atoms with E-state index in [1.165, 1.54) is 6.33 Å². The molecule has 2 heterocycles. The van der Waals surface area contributed by atoms with Gasteiger partial charge in [0.2, 0.25) is 0 Å². The molecule has 0 saturated heterocycles. The summed E-state index contributed by atoms with van der Waals surface area (Å²) in [6, 6.07) is 7.32. The van der Waals surface area contributed by atoms with Crippen molar-refractivity contribution in [2.24, 2.45) is 0 Å². The van der Waals surface area contributed by atoms with Crippen molar-refractivity contribution in [3.8, 4) is 5.75 Å². The van der Waals surface area contributed by atoms with Gasteiger partial charge in [0.25, 0.3) is 5.71 Å². The molecule has 0 aliphatic carbocycles. The summed E-state index contributed by atoms with van der Waals surface area (Å²) in [6.45, 7) is 2.93. The fourth-order valence-corrected chi connectivity index (χ4v) is 2.00. The van der Waals surface area contributed by atoms with Crippen LogP contribution < -0.4 is 15.8 Å². The van der Waals surface area contributed by atoms with E-state index in [1.807, 2.05) is 25.1 Å². The van der Waals surface area contributed by atoms with Crippen LogP contribution in [0.4, 0.5) is 11.5 Å². The minimum atomic E-state index is 0.474. The molecule has 0 unspecified atom stereocenters. The highest BCUT2D eigenvalue weighted by Gasteiger charge is 2.11. The molecule has 0 atom stereocenters. The molecule has 0 fully saturated rings. The van der Waals surface area contributed by atoms with E-state index in [0.717, 1.165) is 16.8 Å². The third-order valence-electron chi connectivity index (χ3n) is 2.96. The van der Waals surface area contributed by atoms with E-state index in [-0.39, 0.29) is 0 Å². The second-order valence-electron chi connectivity index (χ2n) is 4.52. The predicted octanol–water partition coefficient (Wildman–Crippen LogP) is 2.00. The first-order valence-electron chi connectivity index (χ1n) is 6.53. The number of aryl methyl sites for hydroxylation is 1. The minimum absolute atomic E-state index is 0.474. The Balaban J connectivity index is 1.61. The van der Waals surface area contributed by atoms with E-state index in [9.17, 15) is 0 Å². The maximum Gasteiger partial charge on any atom is 0.263 e. The smallest absolute Gasteiger partial charge is 0.263 e. The van der Waals surface area contributed by atoms with Crippen LogP contribution in [0.25, 0.3) is 11.1 Å². The lowest BCUT2D eigenvalue weighted by molar-refractivity contribution is 0.333. The molecule has 108 valence electrons. The molecule has 1 aromatic carbocycles. The molecule has 0 aliphatic heterocycles. The largest absolute Gasteiger partial charge is 0.492 e. The van der Waals surface area contributed by atoms with Gasteiger partial charge in [-0.25, -0.2) is 4.98 Å². The molecule has 0 saturated carbocycles. The van der Waals surface area contributed by atoms with E-state index in [1.54, 1.807) is 6.07 Å². The van der Waals surface area contributed by atoms with Gasteiger partial charge in [-0.15, -0.1) is 0 Å². The Bertz CT molecular complexity index is 756. The predicted molar refractivity (Wildman–Crippen MR) is 79.2 cm³/mol. The van der Waals surface area contributed by atoms with Gasteiger partial charge in [0.1, 0.15) is 29.9 Å². The fourth-order valence-electron chi connectivity index (χ4n) is 2.00. The van der Waals surface area contributed by atoms with Crippen molar-refractivity contribution < 1.29 is 9.26 Å². The number of hydrogen-bond acceptors (Lipinski definition) is 7. The minimum Gasteiger partial charge on any atom is -0.492 e. The van der Waals surface area contributed by atoms with Crippen molar-refractivity contribution >= 4 is 22.6 Å². The van der Waals surface area contributed by atoms with Crippen molar-refractivity contribution in [2.75, 3.05) is 24.2 Å². The van der Waals surface area contributed by atoms with Crippen LogP contribution in [-0.4, -0.2) is 28.3 Å². The number of ether oxygens (including phenoxy) is 1. The van der Waals surface area contributed by atoms with E-state index < -0.39 is 0 Å². The zero-order valence-electron chi connectivity index (χ0n) is 11.5. The first kappa shape index (κ1) is 13.2. The van der Waals surface area contributed by atoms with E-state index in [2.05, 4.69) is 20.4 Å². The quantitative estimate of drug-likeness (QED) is 0.546. The van der Waals surface area contributed by atoms with Crippen LogP contribution in [-0.2, 0) is 0 Å². The van der Waals surface area contributed by atoms with Crippen molar-refractivity contribution in [2.45, 2.75) is 6.92 Å². The highest BCUT2D eigenvalue weighted by atomic mass is 16.5. The lowest BCUT2D eigenvalue weighted by Gasteiger charge is -2.08. The number of nitrogens with one attached hydrogen (secondary N) is 1. The molecule has 3 aromatic rings. The Labute approximate surface area is 121 Å². The highest BCUT2D eigenvalue weighted by Crippen LogP contribution is 2.22. The fraction of sp³-hybridized carbons (Fsp3) is 0.214. The van der Waals surface area contributed by atoms with Gasteiger partial charge < -0.3 is 20.3 Å². The summed E-state index contributed by atoms with van der Waals surface area (Å²) in [7, 11) is 0. The monoisotopic (exact) mass is 285 g/mol. The molecule has 0 radical (unpaired) electrons. The molecule has 7 nitrogen and oxygen atoms in total. The van der Waals surface area contributed by atoms with Crippen molar-refractivity contribution in [3.63, 3.8) is 0 Å². The maximum absolute atomic E-state index is 5.69. The van der Waals surface area contributed by atoms with Crippen LogP contribution in [0.1, 0.15) is 5.69 Å². The lowest BCUT2D eigenvalue weighted by atomic mass is 10.3. The second-order valence-corrected chi connectivity index (χ2v) is 4.52. The van der Waals surface area contributed by atoms with Crippen molar-refractivity contribution in [1.82, 2.24) is 15.1 Å². The Morgan fingerprint density at radius 1 is 1.33 bits per heavy atom. The first-order valence-corrected chi connectivity index (χ1v) is 6.53. The van der Waals surface area contributed by atoms with Gasteiger partial charge in [0.15, 0.2) is 0 Å². The zero-order valence-corrected chi connectivity index (χ0v) is 11.5. The van der Waals surface area contributed by atoms with Gasteiger partial charge in [-0.1, -0.05) is 11.2 Å². The second kappa shape index (κ2) is 5.66. The van der Waals surface area contributed by atoms with E-state index >= 15 is 0 Å². The Kier molecular flexibility index (Phi) is 3.55. The number of benzene rings is 1. The average Bonchev–Trinajstić information content (AvgIpc) is 2.86. The number of nitrogen functional groups attached to an aromatic ring is 1. The van der Waals surface area contributed by atoms with Gasteiger partial charge in [0.05, 0.1) is 12.2 Å². The molecule has 21 heavy (non-hydrogen) atoms. The SMILES string of the molecule is Cc1noc2ncnc(NCCOc3cccc(N)c3)c12. The Hall–Kier alpha value is -2.83. The maximum atomic E-state index is 5.69. The van der Waals surface area contributed by atoms with Crippen LogP contribution in [0.3, 0.4) is 0 Å². The van der Waals surface area contributed by atoms with Crippen LogP contribution in [0.2, 0.25) is 0 Å². The number of fused-ring (bicyclic) bond motifs is 1. The average molecular weight is 285 g/mol. The summed E-state index contributed by atoms with van der Waals surface area (Å²) >= 11 is 0. The molecule has 0 bridgehead atoms. The summed E-state index contributed by atoms with van der Waals surface area (Å²) < 4.78 is 10.7. The van der Waals surface area contributed by atoms with Gasteiger partial charge in [-0.2, -0.15) is 4.98 Å². The van der Waals surface area contributed by atoms with Gasteiger partial charge in [-0.3, -0.25) is 0 Å². The van der Waals surface area contributed by atoms with Crippen LogP contribution in [0.5, 0.6) is 5.75 Å². The molecule has 0 amide bonds. The van der Waals surface area contributed by atoms with Crippen LogP contribution in [0, 0.1) is 6.92 Å². The zero-order chi connectivity index (χ0) is 14.7. The number of hydrogen-bond donors (Lipinski definition) is 2. The number of anilines is 2. The molecular weight excluding hydrogens is 270 g/mol. The van der Waals surface area contributed by atoms with Crippen molar-refractivity contribution in [1.29, 1.82) is 0 Å². The van der Waals surface area contributed by atoms with Crippen LogP contribution in [0.15, 0.2) is 35.1 Å². The van der Waals surface area contributed by atoms with E-state index in [4.69, 9.17) is 15.0 Å². The Morgan fingerprint density at radius 2 is 2.24 bits per heavy atom. The van der Waals surface area contributed by atoms with Gasteiger partial charge >= 0.3 is 0 Å².